The lowest BCUT2D eigenvalue weighted by atomic mass is 10.2. The van der Waals surface area contributed by atoms with Gasteiger partial charge in [0.2, 0.25) is 5.91 Å². The molecule has 1 aromatic carbocycles. The molecule has 2 heterocycles. The summed E-state index contributed by atoms with van der Waals surface area (Å²) < 4.78 is 5.29. The van der Waals surface area contributed by atoms with Crippen LogP contribution in [0.15, 0.2) is 35.8 Å². The summed E-state index contributed by atoms with van der Waals surface area (Å²) >= 11 is 1.43. The van der Waals surface area contributed by atoms with E-state index in [0.29, 0.717) is 5.13 Å². The number of ether oxygens (including phenoxy) is 1. The molecule has 6 nitrogen and oxygen atoms in total. The summed E-state index contributed by atoms with van der Waals surface area (Å²) in [5.74, 6) is 0.867. The van der Waals surface area contributed by atoms with Crippen molar-refractivity contribution >= 4 is 28.1 Å². The van der Waals surface area contributed by atoms with Crippen LogP contribution in [0.3, 0.4) is 0 Å². The van der Waals surface area contributed by atoms with Gasteiger partial charge in [-0.15, -0.1) is 11.3 Å². The van der Waals surface area contributed by atoms with Crippen LogP contribution in [0, 0.1) is 0 Å². The van der Waals surface area contributed by atoms with Gasteiger partial charge in [-0.25, -0.2) is 4.98 Å². The number of amides is 1. The summed E-state index contributed by atoms with van der Waals surface area (Å²) in [6, 6.07) is 7.93. The van der Waals surface area contributed by atoms with Crippen molar-refractivity contribution in [1.82, 2.24) is 9.88 Å². The van der Waals surface area contributed by atoms with E-state index in [9.17, 15) is 4.79 Å². The molecule has 1 N–H and O–H groups in total. The lowest BCUT2D eigenvalue weighted by molar-refractivity contribution is -0.120. The average Bonchev–Trinajstić information content (AvgIpc) is 3.14. The number of methoxy groups -OCH3 is 1. The molecule has 1 unspecified atom stereocenters. The van der Waals surface area contributed by atoms with E-state index in [4.69, 9.17) is 4.74 Å². The zero-order chi connectivity index (χ0) is 16.9. The van der Waals surface area contributed by atoms with Gasteiger partial charge >= 0.3 is 0 Å². The third-order valence-electron chi connectivity index (χ3n) is 4.32. The highest BCUT2D eigenvalue weighted by Gasteiger charge is 2.26. The first-order valence-corrected chi connectivity index (χ1v) is 8.89. The van der Waals surface area contributed by atoms with Gasteiger partial charge in [0, 0.05) is 49.5 Å². The maximum atomic E-state index is 12.3. The predicted octanol–water partition coefficient (Wildman–Crippen LogP) is 2.30. The second-order valence-electron chi connectivity index (χ2n) is 5.73. The number of nitrogens with zero attached hydrogens (tertiary/aromatic N) is 3. The number of hydrogen-bond acceptors (Lipinski definition) is 6. The molecule has 0 spiro atoms. The lowest BCUT2D eigenvalue weighted by Gasteiger charge is -2.38. The van der Waals surface area contributed by atoms with E-state index >= 15 is 0 Å². The summed E-state index contributed by atoms with van der Waals surface area (Å²) in [5.41, 5.74) is 1.16. The largest absolute Gasteiger partial charge is 0.497 e. The topological polar surface area (TPSA) is 57.7 Å². The molecular weight excluding hydrogens is 324 g/mol. The molecular formula is C17H22N4O2S. The first kappa shape index (κ1) is 16.7. The Hall–Kier alpha value is -2.12. The van der Waals surface area contributed by atoms with Crippen molar-refractivity contribution in [3.63, 3.8) is 0 Å². The van der Waals surface area contributed by atoms with Crippen molar-refractivity contribution in [2.24, 2.45) is 0 Å². The Morgan fingerprint density at radius 2 is 2.12 bits per heavy atom. The van der Waals surface area contributed by atoms with Crippen molar-refractivity contribution in [3.8, 4) is 5.75 Å². The van der Waals surface area contributed by atoms with Crippen LogP contribution in [0.5, 0.6) is 5.75 Å². The summed E-state index contributed by atoms with van der Waals surface area (Å²) in [6.07, 6.45) is 1.69. The van der Waals surface area contributed by atoms with E-state index in [-0.39, 0.29) is 11.9 Å². The Kier molecular flexibility index (Phi) is 5.32. The molecule has 0 bridgehead atoms. The minimum atomic E-state index is -0.165. The van der Waals surface area contributed by atoms with Crippen LogP contribution in [0.25, 0.3) is 0 Å². The molecule has 1 aliphatic heterocycles. The molecule has 1 amide bonds. The number of hydrogen-bond donors (Lipinski definition) is 1. The monoisotopic (exact) mass is 346 g/mol. The minimum absolute atomic E-state index is 0.000203. The second-order valence-corrected chi connectivity index (χ2v) is 6.62. The van der Waals surface area contributed by atoms with Crippen molar-refractivity contribution in [1.29, 1.82) is 0 Å². The molecule has 0 saturated carbocycles. The molecule has 128 valence electrons. The summed E-state index contributed by atoms with van der Waals surface area (Å²) in [4.78, 5) is 21.0. The highest BCUT2D eigenvalue weighted by Crippen LogP contribution is 2.22. The highest BCUT2D eigenvalue weighted by atomic mass is 32.1. The summed E-state index contributed by atoms with van der Waals surface area (Å²) in [6.45, 7) is 5.43. The smallest absolute Gasteiger partial charge is 0.243 e. The van der Waals surface area contributed by atoms with Crippen LogP contribution in [-0.2, 0) is 4.79 Å². The average molecular weight is 346 g/mol. The third kappa shape index (κ3) is 3.85. The zero-order valence-corrected chi connectivity index (χ0v) is 14.8. The molecule has 2 aromatic rings. The van der Waals surface area contributed by atoms with Crippen molar-refractivity contribution < 1.29 is 9.53 Å². The van der Waals surface area contributed by atoms with Gasteiger partial charge in [0.25, 0.3) is 0 Å². The van der Waals surface area contributed by atoms with Gasteiger partial charge < -0.3 is 15.0 Å². The quantitative estimate of drug-likeness (QED) is 0.900. The Bertz CT molecular complexity index is 669. The van der Waals surface area contributed by atoms with Gasteiger partial charge in [0.05, 0.1) is 13.2 Å². The van der Waals surface area contributed by atoms with E-state index in [0.717, 1.165) is 37.6 Å². The molecule has 1 aliphatic rings. The van der Waals surface area contributed by atoms with Crippen molar-refractivity contribution in [2.75, 3.05) is 43.5 Å². The minimum Gasteiger partial charge on any atom is -0.497 e. The SMILES string of the molecule is COc1cccc(N2CCN(C(C)C(=O)Nc3nccs3)CC2)c1. The van der Waals surface area contributed by atoms with E-state index in [2.05, 4.69) is 26.2 Å². The highest BCUT2D eigenvalue weighted by molar-refractivity contribution is 7.13. The van der Waals surface area contributed by atoms with Crippen molar-refractivity contribution in [3.05, 3.63) is 35.8 Å². The van der Waals surface area contributed by atoms with Crippen LogP contribution in [0.2, 0.25) is 0 Å². The van der Waals surface area contributed by atoms with Gasteiger partial charge in [-0.2, -0.15) is 0 Å². The van der Waals surface area contributed by atoms with Crippen LogP contribution in [-0.4, -0.2) is 55.1 Å². The number of anilines is 2. The lowest BCUT2D eigenvalue weighted by Crippen LogP contribution is -2.52. The number of thiazole rings is 1. The third-order valence-corrected chi connectivity index (χ3v) is 5.01. The van der Waals surface area contributed by atoms with Crippen LogP contribution < -0.4 is 15.0 Å². The standard InChI is InChI=1S/C17H22N4O2S/c1-13(16(22)19-17-18-6-11-24-17)20-7-9-21(10-8-20)14-4-3-5-15(12-14)23-2/h3-6,11-13H,7-10H2,1-2H3,(H,18,19,22). The fourth-order valence-corrected chi connectivity index (χ4v) is 3.37. The van der Waals surface area contributed by atoms with E-state index in [1.54, 1.807) is 13.3 Å². The van der Waals surface area contributed by atoms with Crippen LogP contribution in [0.1, 0.15) is 6.92 Å². The Morgan fingerprint density at radius 3 is 2.79 bits per heavy atom. The zero-order valence-electron chi connectivity index (χ0n) is 13.9. The van der Waals surface area contributed by atoms with E-state index in [1.165, 1.54) is 11.3 Å². The molecule has 1 fully saturated rings. The Balaban J connectivity index is 1.55. The van der Waals surface area contributed by atoms with Gasteiger partial charge in [-0.1, -0.05) is 6.07 Å². The second kappa shape index (κ2) is 7.63. The molecule has 0 radical (unpaired) electrons. The van der Waals surface area contributed by atoms with Gasteiger partial charge in [0.15, 0.2) is 5.13 Å². The fourth-order valence-electron chi connectivity index (χ4n) is 2.84. The molecule has 7 heteroatoms. The summed E-state index contributed by atoms with van der Waals surface area (Å²) in [5, 5.41) is 5.38. The maximum absolute atomic E-state index is 12.3. The van der Waals surface area contributed by atoms with Gasteiger partial charge in [0.1, 0.15) is 5.75 Å². The summed E-state index contributed by atoms with van der Waals surface area (Å²) in [7, 11) is 1.68. The van der Waals surface area contributed by atoms with Crippen LogP contribution in [0.4, 0.5) is 10.8 Å². The molecule has 0 aliphatic carbocycles. The molecule has 1 saturated heterocycles. The first-order chi connectivity index (χ1) is 11.7. The van der Waals surface area contributed by atoms with Crippen LogP contribution >= 0.6 is 11.3 Å². The number of piperazine rings is 1. The first-order valence-electron chi connectivity index (χ1n) is 8.01. The normalized spacial score (nSPS) is 16.7. The number of benzene rings is 1. The van der Waals surface area contributed by atoms with E-state index < -0.39 is 0 Å². The van der Waals surface area contributed by atoms with Gasteiger partial charge in [-0.3, -0.25) is 9.69 Å². The number of rotatable bonds is 5. The van der Waals surface area contributed by atoms with Crippen molar-refractivity contribution in [2.45, 2.75) is 13.0 Å². The molecule has 1 aromatic heterocycles. The predicted molar refractivity (Wildman–Crippen MR) is 97.0 cm³/mol. The molecule has 1 atom stereocenters. The number of carbonyl (C=O) groups excluding carboxylic acids is 1. The Labute approximate surface area is 146 Å². The number of nitrogens with one attached hydrogen (secondary N) is 1. The number of carbonyl (C=O) groups is 1. The number of aromatic nitrogens is 1. The molecule has 3 rings (SSSR count). The fraction of sp³-hybridized carbons (Fsp3) is 0.412. The van der Waals surface area contributed by atoms with E-state index in [1.807, 2.05) is 30.5 Å². The van der Waals surface area contributed by atoms with Gasteiger partial charge in [-0.05, 0) is 19.1 Å². The Morgan fingerprint density at radius 1 is 1.33 bits per heavy atom. The molecule has 24 heavy (non-hydrogen) atoms. The maximum Gasteiger partial charge on any atom is 0.243 e.